The average Bonchev–Trinajstić information content (AvgIpc) is 3.06. The Morgan fingerprint density at radius 3 is 2.57 bits per heavy atom. The summed E-state index contributed by atoms with van der Waals surface area (Å²) >= 11 is 17.9. The third-order valence-corrected chi connectivity index (χ3v) is 4.27. The van der Waals surface area contributed by atoms with Crippen LogP contribution in [0.5, 0.6) is 5.88 Å². The van der Waals surface area contributed by atoms with Gasteiger partial charge >= 0.3 is 6.61 Å². The molecule has 30 heavy (non-hydrogen) atoms. The van der Waals surface area contributed by atoms with Crippen LogP contribution in [0.3, 0.4) is 0 Å². The van der Waals surface area contributed by atoms with Crippen LogP contribution in [0.15, 0.2) is 30.5 Å². The van der Waals surface area contributed by atoms with Gasteiger partial charge in [0.15, 0.2) is 11.5 Å². The molecule has 14 heteroatoms. The van der Waals surface area contributed by atoms with Crippen molar-refractivity contribution >= 4 is 52.3 Å². The molecule has 3 aromatic heterocycles. The summed E-state index contributed by atoms with van der Waals surface area (Å²) in [5.74, 6) is -2.56. The molecule has 3 heterocycles. The fourth-order valence-corrected chi connectivity index (χ4v) is 3.02. The van der Waals surface area contributed by atoms with Gasteiger partial charge in [0.2, 0.25) is 5.88 Å². The number of hydrogen-bond donors (Lipinski definition) is 2. The van der Waals surface area contributed by atoms with E-state index in [1.807, 2.05) is 0 Å². The molecule has 0 aliphatic rings. The van der Waals surface area contributed by atoms with Crippen LogP contribution in [0, 0.1) is 0 Å². The van der Waals surface area contributed by atoms with Gasteiger partial charge in [0.1, 0.15) is 10.8 Å². The Kier molecular flexibility index (Phi) is 6.34. The minimum Gasteiger partial charge on any atom is -0.415 e. The number of aromatic nitrogens is 4. The lowest BCUT2D eigenvalue weighted by atomic mass is 10.2. The van der Waals surface area contributed by atoms with Gasteiger partial charge in [-0.1, -0.05) is 34.8 Å². The first-order chi connectivity index (χ1) is 14.2. The molecule has 0 aliphatic heterocycles. The minimum atomic E-state index is -3.19. The number of amides is 2. The molecule has 0 radical (unpaired) electrons. The van der Waals surface area contributed by atoms with Crippen molar-refractivity contribution in [1.82, 2.24) is 19.7 Å². The summed E-state index contributed by atoms with van der Waals surface area (Å²) in [5, 5.41) is 5.92. The zero-order valence-corrected chi connectivity index (χ0v) is 16.7. The second-order valence-electron chi connectivity index (χ2n) is 5.44. The zero-order chi connectivity index (χ0) is 22.0. The monoisotopic (exact) mass is 476 g/mol. The Bertz CT molecular complexity index is 1140. The largest absolute Gasteiger partial charge is 0.415 e. The summed E-state index contributed by atoms with van der Waals surface area (Å²) in [6, 6.07) is 5.06. The smallest absolute Gasteiger partial charge is 0.388 e. The number of carbonyl (C=O) groups is 2. The topological polar surface area (TPSA) is 125 Å². The molecule has 0 saturated heterocycles. The number of pyridine rings is 2. The number of rotatable bonds is 6. The van der Waals surface area contributed by atoms with Gasteiger partial charge in [-0.15, -0.1) is 5.10 Å². The van der Waals surface area contributed by atoms with Gasteiger partial charge < -0.3 is 15.8 Å². The normalized spacial score (nSPS) is 10.9. The summed E-state index contributed by atoms with van der Waals surface area (Å²) in [5.41, 5.74) is 4.28. The number of halogens is 5. The van der Waals surface area contributed by atoms with Crippen LogP contribution in [0.4, 0.5) is 14.5 Å². The Balaban J connectivity index is 2.08. The molecule has 3 N–H and O–H groups in total. The molecule has 3 rings (SSSR count). The molecule has 3 aromatic rings. The van der Waals surface area contributed by atoms with E-state index < -0.39 is 30.0 Å². The number of carbonyl (C=O) groups excluding carboxylic acids is 2. The van der Waals surface area contributed by atoms with Crippen LogP contribution >= 0.6 is 34.8 Å². The fourth-order valence-electron chi connectivity index (χ4n) is 2.32. The molecular formula is C16H9Cl3F2N6O3. The van der Waals surface area contributed by atoms with E-state index in [4.69, 9.17) is 40.5 Å². The van der Waals surface area contributed by atoms with Crippen LogP contribution in [-0.2, 0) is 0 Å². The third kappa shape index (κ3) is 4.58. The predicted molar refractivity (Wildman–Crippen MR) is 104 cm³/mol. The molecule has 0 atom stereocenters. The van der Waals surface area contributed by atoms with Crippen molar-refractivity contribution < 1.29 is 23.1 Å². The number of alkyl halides is 2. The highest BCUT2D eigenvalue weighted by atomic mass is 35.5. The van der Waals surface area contributed by atoms with Crippen LogP contribution in [-0.4, -0.2) is 38.2 Å². The Hall–Kier alpha value is -3.02. The quantitative estimate of drug-likeness (QED) is 0.523. The summed E-state index contributed by atoms with van der Waals surface area (Å²) in [6.45, 7) is -3.19. The first-order valence-corrected chi connectivity index (χ1v) is 8.93. The SMILES string of the molecule is NC(=O)c1nc(Cl)cc(Cl)c1NC(=O)c1cc(OC(F)F)nn1-c1ncccc1Cl. The maximum atomic E-state index is 12.9. The van der Waals surface area contributed by atoms with Crippen molar-refractivity contribution in [3.63, 3.8) is 0 Å². The summed E-state index contributed by atoms with van der Waals surface area (Å²) < 4.78 is 30.4. The van der Waals surface area contributed by atoms with Crippen LogP contribution in [0.1, 0.15) is 21.0 Å². The standard InChI is InChI=1S/C16H9Cl3F2N6O3/c17-6-2-1-3-23-14(6)27-8(5-10(26-27)30-16(20)21)15(29)25-11-7(18)4-9(19)24-12(11)13(22)28/h1-5,16H,(H2,22,28)(H,25,29). The summed E-state index contributed by atoms with van der Waals surface area (Å²) in [4.78, 5) is 32.2. The summed E-state index contributed by atoms with van der Waals surface area (Å²) in [6.07, 6.45) is 1.35. The van der Waals surface area contributed by atoms with Crippen molar-refractivity contribution in [1.29, 1.82) is 0 Å². The van der Waals surface area contributed by atoms with E-state index in [-0.39, 0.29) is 32.4 Å². The Labute approximate surface area is 181 Å². The first-order valence-electron chi connectivity index (χ1n) is 7.80. The van der Waals surface area contributed by atoms with E-state index in [9.17, 15) is 18.4 Å². The van der Waals surface area contributed by atoms with Gasteiger partial charge in [0, 0.05) is 12.3 Å². The lowest BCUT2D eigenvalue weighted by Crippen LogP contribution is -2.22. The van der Waals surface area contributed by atoms with Crippen molar-refractivity contribution in [2.24, 2.45) is 5.73 Å². The van der Waals surface area contributed by atoms with Crippen LogP contribution < -0.4 is 15.8 Å². The van der Waals surface area contributed by atoms with E-state index in [2.05, 4.69) is 25.1 Å². The van der Waals surface area contributed by atoms with E-state index in [1.165, 1.54) is 24.4 Å². The van der Waals surface area contributed by atoms with Gasteiger partial charge in [-0.3, -0.25) is 9.59 Å². The van der Waals surface area contributed by atoms with E-state index in [1.54, 1.807) is 0 Å². The van der Waals surface area contributed by atoms with E-state index >= 15 is 0 Å². The molecule has 0 aromatic carbocycles. The Morgan fingerprint density at radius 1 is 1.20 bits per heavy atom. The van der Waals surface area contributed by atoms with Crippen LogP contribution in [0.2, 0.25) is 15.2 Å². The van der Waals surface area contributed by atoms with Crippen molar-refractivity contribution in [3.05, 3.63) is 57.0 Å². The maximum Gasteiger partial charge on any atom is 0.388 e. The number of anilines is 1. The molecule has 9 nitrogen and oxygen atoms in total. The highest BCUT2D eigenvalue weighted by molar-refractivity contribution is 6.37. The molecule has 0 bridgehead atoms. The van der Waals surface area contributed by atoms with Gasteiger partial charge in [-0.2, -0.15) is 8.78 Å². The highest BCUT2D eigenvalue weighted by Gasteiger charge is 2.24. The molecule has 0 spiro atoms. The van der Waals surface area contributed by atoms with E-state index in [0.29, 0.717) is 0 Å². The summed E-state index contributed by atoms with van der Waals surface area (Å²) in [7, 11) is 0. The number of ether oxygens (including phenoxy) is 1. The Morgan fingerprint density at radius 2 is 1.93 bits per heavy atom. The number of nitrogens with zero attached hydrogens (tertiary/aromatic N) is 4. The second-order valence-corrected chi connectivity index (χ2v) is 6.64. The average molecular weight is 478 g/mol. The van der Waals surface area contributed by atoms with Crippen molar-refractivity contribution in [3.8, 4) is 11.7 Å². The number of primary amides is 1. The van der Waals surface area contributed by atoms with Gasteiger partial charge in [0.05, 0.1) is 15.7 Å². The van der Waals surface area contributed by atoms with Crippen LogP contribution in [0.25, 0.3) is 5.82 Å². The van der Waals surface area contributed by atoms with Crippen molar-refractivity contribution in [2.45, 2.75) is 6.61 Å². The van der Waals surface area contributed by atoms with Gasteiger partial charge in [-0.05, 0) is 18.2 Å². The minimum absolute atomic E-state index is 0.0381. The molecule has 0 unspecified atom stereocenters. The molecule has 0 saturated carbocycles. The highest BCUT2D eigenvalue weighted by Crippen LogP contribution is 2.29. The zero-order valence-electron chi connectivity index (χ0n) is 14.4. The fraction of sp³-hybridized carbons (Fsp3) is 0.0625. The van der Waals surface area contributed by atoms with Crippen molar-refractivity contribution in [2.75, 3.05) is 5.32 Å². The molecule has 0 fully saturated rings. The maximum absolute atomic E-state index is 12.9. The number of hydrogen-bond acceptors (Lipinski definition) is 6. The molecule has 2 amide bonds. The lowest BCUT2D eigenvalue weighted by molar-refractivity contribution is -0.0530. The second kappa shape index (κ2) is 8.78. The molecule has 156 valence electrons. The van der Waals surface area contributed by atoms with Gasteiger partial charge in [0.25, 0.3) is 11.8 Å². The molecular weight excluding hydrogens is 469 g/mol. The predicted octanol–water partition coefficient (Wildman–Crippen LogP) is 3.58. The lowest BCUT2D eigenvalue weighted by Gasteiger charge is -2.12. The first kappa shape index (κ1) is 21.7. The number of nitrogens with two attached hydrogens (primary N) is 1. The molecule has 0 aliphatic carbocycles. The third-order valence-electron chi connectivity index (χ3n) is 3.48. The van der Waals surface area contributed by atoms with Gasteiger partial charge in [-0.25, -0.2) is 14.6 Å². The van der Waals surface area contributed by atoms with E-state index in [0.717, 1.165) is 10.7 Å². The number of nitrogens with one attached hydrogen (secondary N) is 1.